The van der Waals surface area contributed by atoms with Crippen molar-refractivity contribution in [1.29, 1.82) is 5.26 Å². The number of benzene rings is 4. The Labute approximate surface area is 228 Å². The van der Waals surface area contributed by atoms with E-state index in [0.29, 0.717) is 16.1 Å². The number of carbonyl (C=O) groups is 1. The minimum Gasteiger partial charge on any atom is -0.346 e. The fraction of sp³-hybridized carbons (Fsp3) is 0.152. The summed E-state index contributed by atoms with van der Waals surface area (Å²) in [6, 6.07) is 31.6. The SMILES string of the molecule is Cc1c(C)n(Cc2ccc(-c3ccccc3C#N)cc2)c2ccc(C(=O)N[C@@H](C)c3ccc(Cl)cc3)cc12. The van der Waals surface area contributed by atoms with E-state index in [1.807, 2.05) is 73.7 Å². The highest BCUT2D eigenvalue weighted by atomic mass is 35.5. The number of nitriles is 1. The van der Waals surface area contributed by atoms with E-state index < -0.39 is 0 Å². The monoisotopic (exact) mass is 517 g/mol. The van der Waals surface area contributed by atoms with Crippen LogP contribution in [0.2, 0.25) is 5.02 Å². The molecule has 1 atom stereocenters. The maximum Gasteiger partial charge on any atom is 0.251 e. The van der Waals surface area contributed by atoms with Crippen molar-refractivity contribution in [2.45, 2.75) is 33.4 Å². The van der Waals surface area contributed by atoms with Crippen LogP contribution in [0.1, 0.15) is 51.3 Å². The number of nitrogens with one attached hydrogen (secondary N) is 1. The van der Waals surface area contributed by atoms with Gasteiger partial charge in [-0.15, -0.1) is 0 Å². The number of hydrogen-bond donors (Lipinski definition) is 1. The molecule has 4 aromatic carbocycles. The van der Waals surface area contributed by atoms with Crippen LogP contribution in [0.15, 0.2) is 91.0 Å². The normalized spacial score (nSPS) is 11.8. The van der Waals surface area contributed by atoms with Gasteiger partial charge in [0.15, 0.2) is 0 Å². The maximum absolute atomic E-state index is 13.1. The van der Waals surface area contributed by atoms with Crippen molar-refractivity contribution in [3.05, 3.63) is 130 Å². The van der Waals surface area contributed by atoms with Crippen LogP contribution < -0.4 is 5.32 Å². The maximum atomic E-state index is 13.1. The number of nitrogens with zero attached hydrogens (tertiary/aromatic N) is 2. The summed E-state index contributed by atoms with van der Waals surface area (Å²) in [6.45, 7) is 6.91. The largest absolute Gasteiger partial charge is 0.346 e. The quantitative estimate of drug-likeness (QED) is 0.248. The predicted molar refractivity (Wildman–Crippen MR) is 154 cm³/mol. The van der Waals surface area contributed by atoms with Gasteiger partial charge < -0.3 is 9.88 Å². The van der Waals surface area contributed by atoms with Crippen molar-refractivity contribution in [2.24, 2.45) is 0 Å². The summed E-state index contributed by atoms with van der Waals surface area (Å²) in [4.78, 5) is 13.1. The minimum atomic E-state index is -0.133. The molecule has 38 heavy (non-hydrogen) atoms. The topological polar surface area (TPSA) is 57.8 Å². The van der Waals surface area contributed by atoms with Gasteiger partial charge in [0.05, 0.1) is 17.7 Å². The molecule has 1 heterocycles. The molecule has 0 saturated carbocycles. The first kappa shape index (κ1) is 25.3. The predicted octanol–water partition coefficient (Wildman–Crippen LogP) is 7.99. The number of carbonyl (C=O) groups excluding carboxylic acids is 1. The molecule has 1 aromatic heterocycles. The number of hydrogen-bond acceptors (Lipinski definition) is 2. The molecule has 5 rings (SSSR count). The third-order valence-electron chi connectivity index (χ3n) is 7.27. The zero-order valence-electron chi connectivity index (χ0n) is 21.6. The summed E-state index contributed by atoms with van der Waals surface area (Å²) >= 11 is 6.00. The number of halogens is 1. The molecule has 0 unspecified atom stereocenters. The van der Waals surface area contributed by atoms with Crippen molar-refractivity contribution in [3.8, 4) is 17.2 Å². The zero-order valence-corrected chi connectivity index (χ0v) is 22.4. The zero-order chi connectivity index (χ0) is 26.8. The Bertz CT molecular complexity index is 1680. The van der Waals surface area contributed by atoms with E-state index in [4.69, 9.17) is 11.6 Å². The second kappa shape index (κ2) is 10.6. The summed E-state index contributed by atoms with van der Waals surface area (Å²) < 4.78 is 2.29. The van der Waals surface area contributed by atoms with Crippen LogP contribution in [-0.2, 0) is 6.54 Å². The average molecular weight is 518 g/mol. The molecule has 0 saturated heterocycles. The van der Waals surface area contributed by atoms with Gasteiger partial charge in [0.25, 0.3) is 5.91 Å². The second-order valence-electron chi connectivity index (χ2n) is 9.63. The van der Waals surface area contributed by atoms with Crippen LogP contribution in [0.4, 0.5) is 0 Å². The second-order valence-corrected chi connectivity index (χ2v) is 10.1. The Balaban J connectivity index is 1.38. The fourth-order valence-corrected chi connectivity index (χ4v) is 5.04. The first-order chi connectivity index (χ1) is 18.4. The molecule has 1 amide bonds. The number of rotatable bonds is 6. The lowest BCUT2D eigenvalue weighted by atomic mass is 9.99. The van der Waals surface area contributed by atoms with Crippen molar-refractivity contribution < 1.29 is 4.79 Å². The van der Waals surface area contributed by atoms with Gasteiger partial charge in [-0.25, -0.2) is 0 Å². The molecule has 0 bridgehead atoms. The first-order valence-corrected chi connectivity index (χ1v) is 13.0. The molecule has 4 nitrogen and oxygen atoms in total. The van der Waals surface area contributed by atoms with Crippen molar-refractivity contribution in [2.75, 3.05) is 0 Å². The van der Waals surface area contributed by atoms with Crippen molar-refractivity contribution >= 4 is 28.4 Å². The Morgan fingerprint density at radius 1 is 0.974 bits per heavy atom. The molecule has 5 aromatic rings. The Morgan fingerprint density at radius 3 is 2.39 bits per heavy atom. The van der Waals surface area contributed by atoms with Crippen molar-refractivity contribution in [3.63, 3.8) is 0 Å². The van der Waals surface area contributed by atoms with Crippen LogP contribution in [0.5, 0.6) is 0 Å². The van der Waals surface area contributed by atoms with E-state index in [2.05, 4.69) is 54.1 Å². The van der Waals surface area contributed by atoms with E-state index in [-0.39, 0.29) is 11.9 Å². The lowest BCUT2D eigenvalue weighted by Gasteiger charge is -2.15. The minimum absolute atomic E-state index is 0.104. The van der Waals surface area contributed by atoms with Gasteiger partial charge in [-0.05, 0) is 85.0 Å². The highest BCUT2D eigenvalue weighted by Crippen LogP contribution is 2.29. The Kier molecular flexibility index (Phi) is 7.05. The van der Waals surface area contributed by atoms with E-state index in [1.54, 1.807) is 0 Å². The lowest BCUT2D eigenvalue weighted by molar-refractivity contribution is 0.0940. The summed E-state index contributed by atoms with van der Waals surface area (Å²) in [6.07, 6.45) is 0. The highest BCUT2D eigenvalue weighted by molar-refractivity contribution is 6.30. The van der Waals surface area contributed by atoms with Gasteiger partial charge in [-0.2, -0.15) is 5.26 Å². The van der Waals surface area contributed by atoms with Gasteiger partial charge >= 0.3 is 0 Å². The molecule has 1 N–H and O–H groups in total. The van der Waals surface area contributed by atoms with Crippen LogP contribution in [0.3, 0.4) is 0 Å². The summed E-state index contributed by atoms with van der Waals surface area (Å²) in [5.74, 6) is -0.104. The summed E-state index contributed by atoms with van der Waals surface area (Å²) in [7, 11) is 0. The molecular formula is C33H28ClN3O. The Hall–Kier alpha value is -4.33. The van der Waals surface area contributed by atoms with Crippen molar-refractivity contribution in [1.82, 2.24) is 9.88 Å². The van der Waals surface area contributed by atoms with Crippen LogP contribution >= 0.6 is 11.6 Å². The number of amides is 1. The van der Waals surface area contributed by atoms with E-state index >= 15 is 0 Å². The third-order valence-corrected chi connectivity index (χ3v) is 7.52. The lowest BCUT2D eigenvalue weighted by Crippen LogP contribution is -2.26. The summed E-state index contributed by atoms with van der Waals surface area (Å²) in [5.41, 5.74) is 8.89. The van der Waals surface area contributed by atoms with Gasteiger partial charge in [-0.1, -0.05) is 66.2 Å². The molecule has 0 fully saturated rings. The van der Waals surface area contributed by atoms with Gasteiger partial charge in [0, 0.05) is 33.7 Å². The van der Waals surface area contributed by atoms with Gasteiger partial charge in [0.1, 0.15) is 0 Å². The third kappa shape index (κ3) is 4.94. The highest BCUT2D eigenvalue weighted by Gasteiger charge is 2.16. The number of aryl methyl sites for hydroxylation is 1. The van der Waals surface area contributed by atoms with E-state index in [1.165, 1.54) is 16.8 Å². The fourth-order valence-electron chi connectivity index (χ4n) is 4.91. The molecule has 0 spiro atoms. The molecule has 188 valence electrons. The van der Waals surface area contributed by atoms with Crippen LogP contribution in [0.25, 0.3) is 22.0 Å². The van der Waals surface area contributed by atoms with E-state index in [0.717, 1.165) is 34.1 Å². The molecule has 0 radical (unpaired) electrons. The smallest absolute Gasteiger partial charge is 0.251 e. The molecule has 5 heteroatoms. The first-order valence-electron chi connectivity index (χ1n) is 12.6. The molecular weight excluding hydrogens is 490 g/mol. The average Bonchev–Trinajstić information content (AvgIpc) is 3.18. The number of fused-ring (bicyclic) bond motifs is 1. The summed E-state index contributed by atoms with van der Waals surface area (Å²) in [5, 5.41) is 14.3. The molecule has 0 aliphatic heterocycles. The number of aromatic nitrogens is 1. The van der Waals surface area contributed by atoms with Crippen LogP contribution in [-0.4, -0.2) is 10.5 Å². The molecule has 0 aliphatic rings. The molecule has 0 aliphatic carbocycles. The standard InChI is InChI=1S/C33H28ClN3O/c1-21-23(3)37(20-24-8-10-26(11-9-24)30-7-5-4-6-28(30)19-35)32-17-14-27(18-31(21)32)33(38)36-22(2)25-12-15-29(34)16-13-25/h4-18,22H,20H2,1-3H3,(H,36,38)/t22-/m0/s1. The van der Waals surface area contributed by atoms with Crippen LogP contribution in [0, 0.1) is 25.2 Å². The van der Waals surface area contributed by atoms with E-state index in [9.17, 15) is 10.1 Å². The Morgan fingerprint density at radius 2 is 1.68 bits per heavy atom. The van der Waals surface area contributed by atoms with Gasteiger partial charge in [0.2, 0.25) is 0 Å². The van der Waals surface area contributed by atoms with Gasteiger partial charge in [-0.3, -0.25) is 4.79 Å².